The van der Waals surface area contributed by atoms with Gasteiger partial charge in [0.1, 0.15) is 5.75 Å². The smallest absolute Gasteiger partial charge is 0.262 e. The van der Waals surface area contributed by atoms with Gasteiger partial charge in [0.15, 0.2) is 23.3 Å². The van der Waals surface area contributed by atoms with Crippen LogP contribution in [0.15, 0.2) is 76.5 Å². The molecule has 0 fully saturated rings. The van der Waals surface area contributed by atoms with Crippen molar-refractivity contribution in [3.05, 3.63) is 72.5 Å². The maximum atomic E-state index is 13.1. The molecule has 9 heteroatoms. The van der Waals surface area contributed by atoms with Crippen molar-refractivity contribution in [2.45, 2.75) is 17.3 Å². The van der Waals surface area contributed by atoms with E-state index >= 15 is 0 Å². The van der Waals surface area contributed by atoms with E-state index in [1.807, 2.05) is 47.9 Å². The number of nitrogens with zero attached hydrogens (tertiary/aromatic N) is 3. The standard InChI is InChI=1S/C23H18N4O4S/c1-14(21(29)15-9-10-18-17(12-15)24-20(28)13-31-18)32-23-26-25-22(19-8-5-11-30-19)27(23)16-6-3-2-4-7-16/h2-12,14H,13H2,1H3,(H,24,28). The van der Waals surface area contributed by atoms with Crippen LogP contribution in [0.2, 0.25) is 0 Å². The van der Waals surface area contributed by atoms with Crippen molar-refractivity contribution in [2.24, 2.45) is 0 Å². The van der Waals surface area contributed by atoms with Crippen LogP contribution in [-0.2, 0) is 4.79 Å². The first-order valence-electron chi connectivity index (χ1n) is 9.92. The number of carbonyl (C=O) groups is 2. The lowest BCUT2D eigenvalue weighted by Crippen LogP contribution is -2.25. The average Bonchev–Trinajstić information content (AvgIpc) is 3.48. The van der Waals surface area contributed by atoms with Crippen LogP contribution in [0, 0.1) is 0 Å². The summed E-state index contributed by atoms with van der Waals surface area (Å²) in [7, 11) is 0. The van der Waals surface area contributed by atoms with E-state index in [0.717, 1.165) is 5.69 Å². The number of para-hydroxylation sites is 1. The Bertz CT molecular complexity index is 1280. The second-order valence-corrected chi connectivity index (χ2v) is 8.43. The maximum Gasteiger partial charge on any atom is 0.262 e. The van der Waals surface area contributed by atoms with Crippen molar-refractivity contribution in [2.75, 3.05) is 11.9 Å². The van der Waals surface area contributed by atoms with Gasteiger partial charge in [0.25, 0.3) is 5.91 Å². The van der Waals surface area contributed by atoms with Gasteiger partial charge in [-0.3, -0.25) is 14.2 Å². The summed E-state index contributed by atoms with van der Waals surface area (Å²) in [4.78, 5) is 24.8. The fourth-order valence-electron chi connectivity index (χ4n) is 3.40. The molecule has 0 aliphatic carbocycles. The number of ketones is 1. The van der Waals surface area contributed by atoms with E-state index in [0.29, 0.717) is 33.7 Å². The van der Waals surface area contributed by atoms with E-state index in [9.17, 15) is 9.59 Å². The molecule has 5 rings (SSSR count). The number of hydrogen-bond donors (Lipinski definition) is 1. The third-order valence-corrected chi connectivity index (χ3v) is 5.98. The van der Waals surface area contributed by atoms with Crippen LogP contribution in [0.3, 0.4) is 0 Å². The van der Waals surface area contributed by atoms with Gasteiger partial charge >= 0.3 is 0 Å². The van der Waals surface area contributed by atoms with Crippen LogP contribution in [0.5, 0.6) is 5.75 Å². The lowest BCUT2D eigenvalue weighted by atomic mass is 10.1. The number of furan rings is 1. The summed E-state index contributed by atoms with van der Waals surface area (Å²) >= 11 is 1.30. The van der Waals surface area contributed by atoms with Gasteiger partial charge in [-0.1, -0.05) is 30.0 Å². The molecule has 1 unspecified atom stereocenters. The highest BCUT2D eigenvalue weighted by molar-refractivity contribution is 8.00. The van der Waals surface area contributed by atoms with Gasteiger partial charge in [-0.05, 0) is 49.4 Å². The molecule has 1 aliphatic heterocycles. The number of rotatable bonds is 6. The molecule has 8 nitrogen and oxygen atoms in total. The number of ether oxygens (including phenoxy) is 1. The number of anilines is 1. The molecule has 32 heavy (non-hydrogen) atoms. The Balaban J connectivity index is 1.45. The summed E-state index contributed by atoms with van der Waals surface area (Å²) in [6.45, 7) is 1.79. The van der Waals surface area contributed by atoms with E-state index in [1.165, 1.54) is 11.8 Å². The quantitative estimate of drug-likeness (QED) is 0.350. The number of hydrogen-bond acceptors (Lipinski definition) is 7. The fraction of sp³-hybridized carbons (Fsp3) is 0.130. The van der Waals surface area contributed by atoms with Crippen LogP contribution in [0.4, 0.5) is 5.69 Å². The van der Waals surface area contributed by atoms with E-state index < -0.39 is 5.25 Å². The predicted octanol–water partition coefficient (Wildman–Crippen LogP) is 4.22. The summed E-state index contributed by atoms with van der Waals surface area (Å²) < 4.78 is 12.8. The van der Waals surface area contributed by atoms with Crippen molar-refractivity contribution in [3.8, 4) is 23.0 Å². The van der Waals surface area contributed by atoms with E-state index in [2.05, 4.69) is 15.5 Å². The normalized spacial score (nSPS) is 13.7. The Morgan fingerprint density at radius 1 is 1.12 bits per heavy atom. The second-order valence-electron chi connectivity index (χ2n) is 7.13. The second kappa shape index (κ2) is 8.35. The largest absolute Gasteiger partial charge is 0.482 e. The molecular formula is C23H18N4O4S. The third-order valence-electron chi connectivity index (χ3n) is 4.94. The van der Waals surface area contributed by atoms with Crippen LogP contribution in [0.1, 0.15) is 17.3 Å². The molecule has 160 valence electrons. The van der Waals surface area contributed by atoms with Crippen LogP contribution in [0.25, 0.3) is 17.3 Å². The Labute approximate surface area is 187 Å². The highest BCUT2D eigenvalue weighted by Gasteiger charge is 2.25. The maximum absolute atomic E-state index is 13.1. The molecule has 1 N–H and O–H groups in total. The zero-order valence-electron chi connectivity index (χ0n) is 17.0. The number of aromatic nitrogens is 3. The van der Waals surface area contributed by atoms with Gasteiger partial charge in [-0.15, -0.1) is 10.2 Å². The summed E-state index contributed by atoms with van der Waals surface area (Å²) in [6, 6.07) is 18.3. The summed E-state index contributed by atoms with van der Waals surface area (Å²) in [5.74, 6) is 1.34. The molecule has 2 aromatic heterocycles. The fourth-order valence-corrected chi connectivity index (χ4v) is 4.35. The minimum absolute atomic E-state index is 0.0281. The van der Waals surface area contributed by atoms with Crippen molar-refractivity contribution >= 4 is 29.1 Å². The van der Waals surface area contributed by atoms with E-state index in [1.54, 1.807) is 30.5 Å². The van der Waals surface area contributed by atoms with Crippen LogP contribution < -0.4 is 10.1 Å². The van der Waals surface area contributed by atoms with Crippen molar-refractivity contribution in [1.82, 2.24) is 14.8 Å². The molecule has 1 amide bonds. The van der Waals surface area contributed by atoms with Crippen LogP contribution >= 0.6 is 11.8 Å². The molecule has 0 saturated carbocycles. The highest BCUT2D eigenvalue weighted by Crippen LogP contribution is 2.33. The number of carbonyl (C=O) groups excluding carboxylic acids is 2. The first-order valence-corrected chi connectivity index (χ1v) is 10.8. The molecule has 1 atom stereocenters. The van der Waals surface area contributed by atoms with Gasteiger partial charge < -0.3 is 14.5 Å². The third kappa shape index (κ3) is 3.78. The predicted molar refractivity (Wildman–Crippen MR) is 119 cm³/mol. The lowest BCUT2D eigenvalue weighted by Gasteiger charge is -2.19. The molecule has 3 heterocycles. The first kappa shape index (κ1) is 20.1. The number of amides is 1. The Kier molecular flexibility index (Phi) is 5.24. The summed E-state index contributed by atoms with van der Waals surface area (Å²) in [5, 5.41) is 11.5. The van der Waals surface area contributed by atoms with Gasteiger partial charge in [0.2, 0.25) is 5.82 Å². The molecule has 0 bridgehead atoms. The number of nitrogens with one attached hydrogen (secondary N) is 1. The molecular weight excluding hydrogens is 428 g/mol. The SMILES string of the molecule is CC(Sc1nnc(-c2ccco2)n1-c1ccccc1)C(=O)c1ccc2c(c1)NC(=O)CO2. The number of fused-ring (bicyclic) bond motifs is 1. The zero-order valence-corrected chi connectivity index (χ0v) is 17.8. The monoisotopic (exact) mass is 446 g/mol. The lowest BCUT2D eigenvalue weighted by molar-refractivity contribution is -0.118. The minimum atomic E-state index is -0.454. The van der Waals surface area contributed by atoms with Crippen molar-refractivity contribution in [1.29, 1.82) is 0 Å². The average molecular weight is 446 g/mol. The first-order chi connectivity index (χ1) is 15.6. The van der Waals surface area contributed by atoms with Gasteiger partial charge in [0, 0.05) is 11.3 Å². The molecule has 4 aromatic rings. The van der Waals surface area contributed by atoms with Gasteiger partial charge in [-0.25, -0.2) is 0 Å². The van der Waals surface area contributed by atoms with Crippen LogP contribution in [-0.4, -0.2) is 38.3 Å². The van der Waals surface area contributed by atoms with Gasteiger partial charge in [-0.2, -0.15) is 0 Å². The van der Waals surface area contributed by atoms with E-state index in [4.69, 9.17) is 9.15 Å². The highest BCUT2D eigenvalue weighted by atomic mass is 32.2. The van der Waals surface area contributed by atoms with Gasteiger partial charge in [0.05, 0.1) is 17.2 Å². The molecule has 2 aromatic carbocycles. The van der Waals surface area contributed by atoms with Crippen molar-refractivity contribution in [3.63, 3.8) is 0 Å². The van der Waals surface area contributed by atoms with Crippen molar-refractivity contribution < 1.29 is 18.7 Å². The Morgan fingerprint density at radius 2 is 1.97 bits per heavy atom. The molecule has 1 aliphatic rings. The zero-order chi connectivity index (χ0) is 22.1. The molecule has 0 saturated heterocycles. The molecule has 0 radical (unpaired) electrons. The minimum Gasteiger partial charge on any atom is -0.482 e. The number of thioether (sulfide) groups is 1. The topological polar surface area (TPSA) is 99.3 Å². The molecule has 0 spiro atoms. The number of benzene rings is 2. The number of Topliss-reactive ketones (excluding diaryl/α,β-unsaturated/α-hetero) is 1. The Hall–Kier alpha value is -3.85. The summed E-state index contributed by atoms with van der Waals surface area (Å²) in [6.07, 6.45) is 1.58. The summed E-state index contributed by atoms with van der Waals surface area (Å²) in [5.41, 5.74) is 1.84. The van der Waals surface area contributed by atoms with E-state index in [-0.39, 0.29) is 18.3 Å². The Morgan fingerprint density at radius 3 is 2.75 bits per heavy atom.